The van der Waals surface area contributed by atoms with E-state index in [1.54, 1.807) is 0 Å². The molecule has 0 unspecified atom stereocenters. The summed E-state index contributed by atoms with van der Waals surface area (Å²) in [6, 6.07) is 0. The summed E-state index contributed by atoms with van der Waals surface area (Å²) in [7, 11) is 8.50. The van der Waals surface area contributed by atoms with Crippen LogP contribution in [0, 0.1) is 0 Å². The fourth-order valence-corrected chi connectivity index (χ4v) is 1.58. The van der Waals surface area contributed by atoms with Gasteiger partial charge in [-0.05, 0) is 12.8 Å². The van der Waals surface area contributed by atoms with Crippen molar-refractivity contribution in [3.63, 3.8) is 0 Å². The minimum atomic E-state index is -0.909. The van der Waals surface area contributed by atoms with Crippen LogP contribution < -0.4 is 5.11 Å². The highest BCUT2D eigenvalue weighted by Gasteiger charge is 1.92. The van der Waals surface area contributed by atoms with Crippen LogP contribution in [0.3, 0.4) is 0 Å². The molecule has 0 rings (SSSR count). The van der Waals surface area contributed by atoms with Crippen LogP contribution in [-0.4, -0.2) is 38.6 Å². The molecule has 0 aliphatic carbocycles. The van der Waals surface area contributed by atoms with Crippen molar-refractivity contribution in [3.05, 3.63) is 0 Å². The first-order valence-electron chi connectivity index (χ1n) is 7.76. The molecule has 0 radical (unpaired) electrons. The fourth-order valence-electron chi connectivity index (χ4n) is 1.58. The molecule has 0 saturated heterocycles. The molecule has 0 aromatic rings. The number of carboxylic acids is 1. The number of rotatable bonds is 10. The van der Waals surface area contributed by atoms with Gasteiger partial charge in [-0.25, -0.2) is 0 Å². The first-order chi connectivity index (χ1) is 8.77. The largest absolute Gasteiger partial charge is 0.550 e. The lowest BCUT2D eigenvalue weighted by Crippen LogP contribution is -2.27. The van der Waals surface area contributed by atoms with Crippen molar-refractivity contribution in [3.8, 4) is 0 Å². The van der Waals surface area contributed by atoms with Crippen LogP contribution in [-0.2, 0) is 4.79 Å². The smallest absolute Gasteiger partial charge is 0.0675 e. The molecule has 0 aromatic carbocycles. The molecule has 19 heavy (non-hydrogen) atoms. The van der Waals surface area contributed by atoms with Crippen molar-refractivity contribution in [1.29, 1.82) is 0 Å². The van der Waals surface area contributed by atoms with Crippen LogP contribution >= 0.6 is 0 Å². The minimum Gasteiger partial charge on any atom is -0.550 e. The van der Waals surface area contributed by atoms with Gasteiger partial charge in [-0.3, -0.25) is 0 Å². The van der Waals surface area contributed by atoms with E-state index >= 15 is 0 Å². The summed E-state index contributed by atoms with van der Waals surface area (Å²) in [5.74, 6) is -0.909. The SMILES string of the molecule is CCCCCCCCCCCC(=O)[O-].C[N+](C)(C)C. The van der Waals surface area contributed by atoms with Gasteiger partial charge in [-0.1, -0.05) is 58.3 Å². The third-order valence-electron chi connectivity index (χ3n) is 2.48. The van der Waals surface area contributed by atoms with Crippen molar-refractivity contribution in [2.24, 2.45) is 0 Å². The minimum absolute atomic E-state index is 0.232. The van der Waals surface area contributed by atoms with Crippen molar-refractivity contribution in [1.82, 2.24) is 0 Å². The van der Waals surface area contributed by atoms with Gasteiger partial charge in [-0.2, -0.15) is 0 Å². The second-order valence-corrected chi connectivity index (χ2v) is 6.63. The standard InChI is InChI=1S/C12H24O2.C4H12N/c1-2-3-4-5-6-7-8-9-10-11-12(13)14;1-5(2,3)4/h2-11H2,1H3,(H,13,14);1-4H3/q;+1/p-1. The Hall–Kier alpha value is -0.570. The topological polar surface area (TPSA) is 40.1 Å². The molecule has 0 heterocycles. The molecule has 0 aliphatic heterocycles. The maximum Gasteiger partial charge on any atom is 0.0675 e. The average molecular weight is 273 g/mol. The quantitative estimate of drug-likeness (QED) is 0.453. The van der Waals surface area contributed by atoms with Crippen LogP contribution in [0.2, 0.25) is 0 Å². The molecule has 0 N–H and O–H groups in total. The second-order valence-electron chi connectivity index (χ2n) is 6.63. The summed E-state index contributed by atoms with van der Waals surface area (Å²) in [6.45, 7) is 2.22. The van der Waals surface area contributed by atoms with Crippen LogP contribution in [0.1, 0.15) is 71.1 Å². The van der Waals surface area contributed by atoms with Gasteiger partial charge in [-0.15, -0.1) is 0 Å². The average Bonchev–Trinajstić information content (AvgIpc) is 2.24. The van der Waals surface area contributed by atoms with Gasteiger partial charge in [0.2, 0.25) is 0 Å². The Kier molecular flexibility index (Phi) is 15.1. The zero-order valence-corrected chi connectivity index (χ0v) is 13.8. The molecular weight excluding hydrogens is 238 g/mol. The van der Waals surface area contributed by atoms with Gasteiger partial charge in [0.05, 0.1) is 28.2 Å². The van der Waals surface area contributed by atoms with Gasteiger partial charge in [0.25, 0.3) is 0 Å². The highest BCUT2D eigenvalue weighted by atomic mass is 16.4. The number of carbonyl (C=O) groups is 1. The highest BCUT2D eigenvalue weighted by molar-refractivity contribution is 5.63. The number of hydrogen-bond donors (Lipinski definition) is 0. The van der Waals surface area contributed by atoms with Crippen LogP contribution in [0.5, 0.6) is 0 Å². The van der Waals surface area contributed by atoms with E-state index in [2.05, 4.69) is 35.1 Å². The lowest BCUT2D eigenvalue weighted by Gasteiger charge is -2.14. The molecule has 3 heteroatoms. The maximum absolute atomic E-state index is 10.1. The van der Waals surface area contributed by atoms with E-state index < -0.39 is 5.97 Å². The number of quaternary nitrogens is 1. The zero-order chi connectivity index (χ0) is 15.1. The number of nitrogens with zero attached hydrogens (tertiary/aromatic N) is 1. The molecule has 0 aliphatic rings. The molecule has 0 atom stereocenters. The summed E-state index contributed by atoms with van der Waals surface area (Å²) in [4.78, 5) is 10.1. The third-order valence-corrected chi connectivity index (χ3v) is 2.48. The molecule has 3 nitrogen and oxygen atoms in total. The van der Waals surface area contributed by atoms with Gasteiger partial charge in [0, 0.05) is 5.97 Å². The maximum atomic E-state index is 10.1. The molecule has 0 amide bonds. The van der Waals surface area contributed by atoms with Gasteiger partial charge >= 0.3 is 0 Å². The Morgan fingerprint density at radius 1 is 0.789 bits per heavy atom. The summed E-state index contributed by atoms with van der Waals surface area (Å²) in [5, 5.41) is 10.1. The predicted molar refractivity (Wildman–Crippen MR) is 80.8 cm³/mol. The first kappa shape index (κ1) is 20.7. The number of aliphatic carboxylic acids is 1. The number of carbonyl (C=O) groups excluding carboxylic acids is 1. The van der Waals surface area contributed by atoms with Gasteiger partial charge in [0.15, 0.2) is 0 Å². The molecule has 0 fully saturated rings. The second kappa shape index (κ2) is 13.9. The molecule has 0 bridgehead atoms. The van der Waals surface area contributed by atoms with Crippen molar-refractivity contribution < 1.29 is 14.4 Å². The molecular formula is C16H35NO2. The Balaban J connectivity index is 0. The van der Waals surface area contributed by atoms with E-state index in [0.717, 1.165) is 17.3 Å². The van der Waals surface area contributed by atoms with E-state index in [1.807, 2.05) is 0 Å². The highest BCUT2D eigenvalue weighted by Crippen LogP contribution is 2.09. The lowest BCUT2D eigenvalue weighted by atomic mass is 10.1. The van der Waals surface area contributed by atoms with E-state index in [9.17, 15) is 9.90 Å². The molecule has 0 aromatic heterocycles. The normalized spacial score (nSPS) is 10.8. The number of hydrogen-bond acceptors (Lipinski definition) is 2. The Labute approximate surface area is 120 Å². The summed E-state index contributed by atoms with van der Waals surface area (Å²) >= 11 is 0. The first-order valence-corrected chi connectivity index (χ1v) is 7.76. The Morgan fingerprint density at radius 2 is 1.11 bits per heavy atom. The molecule has 0 saturated carbocycles. The summed E-state index contributed by atoms with van der Waals surface area (Å²) < 4.78 is 1.00. The zero-order valence-electron chi connectivity index (χ0n) is 13.8. The molecule has 116 valence electrons. The van der Waals surface area contributed by atoms with Crippen molar-refractivity contribution in [2.75, 3.05) is 28.2 Å². The Morgan fingerprint density at radius 3 is 1.42 bits per heavy atom. The third kappa shape index (κ3) is 38.1. The van der Waals surface area contributed by atoms with Gasteiger partial charge in [0.1, 0.15) is 0 Å². The lowest BCUT2D eigenvalue weighted by molar-refractivity contribution is -0.849. The predicted octanol–water partition coefficient (Wildman–Crippen LogP) is 2.98. The van der Waals surface area contributed by atoms with Crippen molar-refractivity contribution in [2.45, 2.75) is 71.1 Å². The van der Waals surface area contributed by atoms with E-state index in [0.29, 0.717) is 0 Å². The molecule has 0 spiro atoms. The number of carboxylic acid groups (broad SMARTS) is 1. The van der Waals surface area contributed by atoms with Crippen LogP contribution in [0.4, 0.5) is 0 Å². The van der Waals surface area contributed by atoms with Crippen LogP contribution in [0.25, 0.3) is 0 Å². The van der Waals surface area contributed by atoms with Crippen molar-refractivity contribution >= 4 is 5.97 Å². The summed E-state index contributed by atoms with van der Waals surface area (Å²) in [6.07, 6.45) is 11.2. The number of unbranched alkanes of at least 4 members (excludes halogenated alkanes) is 8. The Bertz CT molecular complexity index is 191. The monoisotopic (exact) mass is 273 g/mol. The van der Waals surface area contributed by atoms with E-state index in [-0.39, 0.29) is 6.42 Å². The van der Waals surface area contributed by atoms with Crippen LogP contribution in [0.15, 0.2) is 0 Å². The van der Waals surface area contributed by atoms with E-state index in [1.165, 1.54) is 44.9 Å². The fraction of sp³-hybridized carbons (Fsp3) is 0.938. The summed E-state index contributed by atoms with van der Waals surface area (Å²) in [5.41, 5.74) is 0. The van der Waals surface area contributed by atoms with E-state index in [4.69, 9.17) is 0 Å². The van der Waals surface area contributed by atoms with Gasteiger partial charge < -0.3 is 14.4 Å².